The van der Waals surface area contributed by atoms with Gasteiger partial charge in [-0.05, 0) is 82.6 Å². The van der Waals surface area contributed by atoms with E-state index in [2.05, 4.69) is 157 Å². The Morgan fingerprint density at radius 2 is 1.19 bits per heavy atom. The zero-order valence-corrected chi connectivity index (χ0v) is 24.0. The Kier molecular flexibility index (Phi) is 5.40. The molecule has 0 N–H and O–H groups in total. The highest BCUT2D eigenvalue weighted by molar-refractivity contribution is 7.26. The maximum absolute atomic E-state index is 6.43. The van der Waals surface area contributed by atoms with Crippen molar-refractivity contribution >= 4 is 81.3 Å². The van der Waals surface area contributed by atoms with Gasteiger partial charge in [0.25, 0.3) is 0 Å². The van der Waals surface area contributed by atoms with Gasteiger partial charge in [-0.15, -0.1) is 11.3 Å². The van der Waals surface area contributed by atoms with Crippen LogP contribution in [0.1, 0.15) is 0 Å². The molecule has 0 amide bonds. The van der Waals surface area contributed by atoms with Gasteiger partial charge in [-0.25, -0.2) is 0 Å². The normalized spacial score (nSPS) is 11.7. The van der Waals surface area contributed by atoms with Crippen LogP contribution in [0.15, 0.2) is 156 Å². The van der Waals surface area contributed by atoms with Crippen molar-refractivity contribution in [3.8, 4) is 11.1 Å². The molecule has 7 aromatic carbocycles. The molecule has 0 spiro atoms. The predicted molar refractivity (Wildman–Crippen MR) is 184 cm³/mol. The lowest BCUT2D eigenvalue weighted by atomic mass is 9.98. The average molecular weight is 568 g/mol. The summed E-state index contributed by atoms with van der Waals surface area (Å²) < 4.78 is 9.02. The van der Waals surface area contributed by atoms with E-state index in [-0.39, 0.29) is 0 Å². The van der Waals surface area contributed by atoms with Crippen molar-refractivity contribution in [1.82, 2.24) is 0 Å². The molecular formula is C40H25NOS. The van der Waals surface area contributed by atoms with E-state index in [0.717, 1.165) is 28.2 Å². The molecule has 0 fully saturated rings. The fourth-order valence-corrected chi connectivity index (χ4v) is 7.70. The lowest BCUT2D eigenvalue weighted by molar-refractivity contribution is 0.669. The van der Waals surface area contributed by atoms with Crippen molar-refractivity contribution in [2.24, 2.45) is 0 Å². The van der Waals surface area contributed by atoms with Gasteiger partial charge < -0.3 is 9.32 Å². The van der Waals surface area contributed by atoms with E-state index >= 15 is 0 Å². The highest BCUT2D eigenvalue weighted by Gasteiger charge is 2.18. The lowest BCUT2D eigenvalue weighted by Crippen LogP contribution is -2.09. The summed E-state index contributed by atoms with van der Waals surface area (Å²) in [6, 6.07) is 54.1. The topological polar surface area (TPSA) is 16.4 Å². The lowest BCUT2D eigenvalue weighted by Gasteiger charge is -2.26. The fraction of sp³-hybridized carbons (Fsp3) is 0. The van der Waals surface area contributed by atoms with E-state index in [9.17, 15) is 0 Å². The van der Waals surface area contributed by atoms with Gasteiger partial charge in [-0.2, -0.15) is 0 Å². The summed E-state index contributed by atoms with van der Waals surface area (Å²) in [5.74, 6) is 0. The summed E-state index contributed by atoms with van der Waals surface area (Å²) in [4.78, 5) is 2.32. The first kappa shape index (κ1) is 24.2. The van der Waals surface area contributed by atoms with Gasteiger partial charge in [0, 0.05) is 48.0 Å². The Bertz CT molecular complexity index is 2450. The average Bonchev–Trinajstić information content (AvgIpc) is 3.64. The zero-order chi connectivity index (χ0) is 28.3. The van der Waals surface area contributed by atoms with Crippen molar-refractivity contribution in [2.45, 2.75) is 0 Å². The van der Waals surface area contributed by atoms with Gasteiger partial charge in [-0.1, -0.05) is 91.0 Å². The van der Waals surface area contributed by atoms with Crippen molar-refractivity contribution < 1.29 is 4.42 Å². The first-order valence-corrected chi connectivity index (χ1v) is 15.3. The second kappa shape index (κ2) is 9.59. The number of hydrogen-bond acceptors (Lipinski definition) is 3. The second-order valence-electron chi connectivity index (χ2n) is 10.9. The quantitative estimate of drug-likeness (QED) is 0.210. The van der Waals surface area contributed by atoms with Crippen molar-refractivity contribution in [3.63, 3.8) is 0 Å². The number of nitrogens with zero attached hydrogens (tertiary/aromatic N) is 1. The van der Waals surface area contributed by atoms with Crippen molar-refractivity contribution in [3.05, 3.63) is 152 Å². The van der Waals surface area contributed by atoms with Crippen LogP contribution in [0.25, 0.3) is 64.0 Å². The molecule has 0 radical (unpaired) electrons. The number of benzene rings is 7. The molecule has 9 aromatic rings. The first-order chi connectivity index (χ1) is 21.3. The number of furan rings is 1. The van der Waals surface area contributed by atoms with Crippen LogP contribution < -0.4 is 4.90 Å². The van der Waals surface area contributed by atoms with E-state index in [1.54, 1.807) is 0 Å². The number of hydrogen-bond donors (Lipinski definition) is 0. The summed E-state index contributed by atoms with van der Waals surface area (Å²) >= 11 is 1.85. The second-order valence-corrected chi connectivity index (χ2v) is 12.0. The molecule has 43 heavy (non-hydrogen) atoms. The van der Waals surface area contributed by atoms with Gasteiger partial charge >= 0.3 is 0 Å². The van der Waals surface area contributed by atoms with E-state index in [1.807, 2.05) is 11.3 Å². The van der Waals surface area contributed by atoms with Gasteiger partial charge in [0.1, 0.15) is 11.2 Å². The Morgan fingerprint density at radius 3 is 2.07 bits per heavy atom. The van der Waals surface area contributed by atoms with Crippen LogP contribution in [-0.2, 0) is 0 Å². The molecule has 0 aliphatic heterocycles. The molecule has 2 heterocycles. The number of rotatable bonds is 4. The van der Waals surface area contributed by atoms with Crippen LogP contribution in [0.4, 0.5) is 17.1 Å². The van der Waals surface area contributed by atoms with E-state index in [1.165, 1.54) is 52.8 Å². The van der Waals surface area contributed by atoms with Crippen molar-refractivity contribution in [1.29, 1.82) is 0 Å². The third-order valence-corrected chi connectivity index (χ3v) is 9.65. The number of fused-ring (bicyclic) bond motifs is 8. The number of thiophene rings is 1. The monoisotopic (exact) mass is 567 g/mol. The highest BCUT2D eigenvalue weighted by atomic mass is 32.1. The fourth-order valence-electron chi connectivity index (χ4n) is 6.46. The zero-order valence-electron chi connectivity index (χ0n) is 23.2. The Labute approximate surface area is 252 Å². The van der Waals surface area contributed by atoms with E-state index in [4.69, 9.17) is 4.42 Å². The molecular weight excluding hydrogens is 543 g/mol. The summed E-state index contributed by atoms with van der Waals surface area (Å²) in [6.45, 7) is 0. The molecule has 2 nitrogen and oxygen atoms in total. The molecule has 0 bridgehead atoms. The minimum Gasteiger partial charge on any atom is -0.456 e. The number of anilines is 3. The number of para-hydroxylation sites is 1. The van der Waals surface area contributed by atoms with Crippen LogP contribution >= 0.6 is 11.3 Å². The molecule has 2 aromatic heterocycles. The molecule has 9 rings (SSSR count). The highest BCUT2D eigenvalue weighted by Crippen LogP contribution is 2.45. The third kappa shape index (κ3) is 3.86. The largest absolute Gasteiger partial charge is 0.456 e. The van der Waals surface area contributed by atoms with Crippen LogP contribution in [0, 0.1) is 0 Å². The Balaban J connectivity index is 1.21. The minimum absolute atomic E-state index is 0.920. The van der Waals surface area contributed by atoms with Gasteiger partial charge in [0.15, 0.2) is 0 Å². The Hall–Kier alpha value is -5.38. The molecule has 0 aliphatic carbocycles. The molecule has 0 unspecified atom stereocenters. The first-order valence-electron chi connectivity index (χ1n) is 14.5. The van der Waals surface area contributed by atoms with E-state index < -0.39 is 0 Å². The smallest absolute Gasteiger partial charge is 0.136 e. The Morgan fingerprint density at radius 1 is 0.465 bits per heavy atom. The summed E-state index contributed by atoms with van der Waals surface area (Å²) in [7, 11) is 0. The molecule has 3 heteroatoms. The maximum Gasteiger partial charge on any atom is 0.136 e. The predicted octanol–water partition coefficient (Wildman–Crippen LogP) is 12.2. The van der Waals surface area contributed by atoms with Crippen LogP contribution in [0.2, 0.25) is 0 Å². The van der Waals surface area contributed by atoms with Gasteiger partial charge in [0.2, 0.25) is 0 Å². The van der Waals surface area contributed by atoms with Gasteiger partial charge in [-0.3, -0.25) is 0 Å². The summed E-state index contributed by atoms with van der Waals surface area (Å²) in [5, 5.41) is 7.43. The van der Waals surface area contributed by atoms with Crippen LogP contribution in [0.3, 0.4) is 0 Å². The minimum atomic E-state index is 0.920. The SMILES string of the molecule is c1ccc(N(c2ccc(-c3cccc4oc5ccc6c7ccccc7sc6c5c34)cc2)c2ccc3ccccc3c2)cc1. The standard InChI is InChI=1S/C40H25NOS/c1-2-11-29(12-3-1)41(31-22-17-26-9-4-5-10-28(26)25-31)30-20-18-27(19-21-30)32-14-8-15-35-38(32)39-36(42-35)24-23-34-33-13-6-7-16-37(33)43-40(34)39/h1-25H. The third-order valence-electron chi connectivity index (χ3n) is 8.45. The van der Waals surface area contributed by atoms with Gasteiger partial charge in [0.05, 0.1) is 0 Å². The molecule has 0 saturated heterocycles. The molecule has 0 saturated carbocycles. The van der Waals surface area contributed by atoms with Crippen LogP contribution in [-0.4, -0.2) is 0 Å². The molecule has 0 atom stereocenters. The maximum atomic E-state index is 6.43. The summed E-state index contributed by atoms with van der Waals surface area (Å²) in [6.07, 6.45) is 0. The van der Waals surface area contributed by atoms with Crippen molar-refractivity contribution in [2.75, 3.05) is 4.90 Å². The summed E-state index contributed by atoms with van der Waals surface area (Å²) in [5.41, 5.74) is 7.58. The van der Waals surface area contributed by atoms with E-state index in [0.29, 0.717) is 0 Å². The van der Waals surface area contributed by atoms with Crippen LogP contribution in [0.5, 0.6) is 0 Å². The molecule has 0 aliphatic rings. The molecule has 202 valence electrons.